The van der Waals surface area contributed by atoms with Crippen molar-refractivity contribution < 1.29 is 4.74 Å². The molecule has 0 amide bonds. The van der Waals surface area contributed by atoms with E-state index in [1.165, 1.54) is 0 Å². The topological polar surface area (TPSA) is 47.0 Å². The first-order chi connectivity index (χ1) is 7.81. The van der Waals surface area contributed by atoms with Crippen molar-refractivity contribution in [1.82, 2.24) is 15.3 Å². The van der Waals surface area contributed by atoms with Crippen LogP contribution in [0.2, 0.25) is 0 Å². The zero-order chi connectivity index (χ0) is 13.1. The monoisotopic (exact) mass is 237 g/mol. The third kappa shape index (κ3) is 4.79. The number of nitrogens with one attached hydrogen (secondary N) is 1. The first kappa shape index (κ1) is 14.1. The predicted octanol–water partition coefficient (Wildman–Crippen LogP) is 2.38. The molecule has 0 aliphatic carbocycles. The van der Waals surface area contributed by atoms with Crippen molar-refractivity contribution in [2.45, 2.75) is 52.8 Å². The van der Waals surface area contributed by atoms with Crippen molar-refractivity contribution in [3.63, 3.8) is 0 Å². The Morgan fingerprint density at radius 1 is 1.35 bits per heavy atom. The Kier molecular flexibility index (Phi) is 4.60. The summed E-state index contributed by atoms with van der Waals surface area (Å²) < 4.78 is 5.25. The highest BCUT2D eigenvalue weighted by atomic mass is 16.5. The number of rotatable bonds is 4. The molecule has 0 radical (unpaired) electrons. The van der Waals surface area contributed by atoms with E-state index in [1.54, 1.807) is 7.11 Å². The molecule has 1 atom stereocenters. The Morgan fingerprint density at radius 2 is 2.00 bits per heavy atom. The predicted molar refractivity (Wildman–Crippen MR) is 68.8 cm³/mol. The van der Waals surface area contributed by atoms with Gasteiger partial charge in [-0.15, -0.1) is 0 Å². The fourth-order valence-electron chi connectivity index (χ4n) is 1.39. The van der Waals surface area contributed by atoms with Gasteiger partial charge in [0.25, 0.3) is 0 Å². The van der Waals surface area contributed by atoms with Gasteiger partial charge in [0.15, 0.2) is 5.82 Å². The molecule has 0 saturated carbocycles. The average Bonchev–Trinajstić information content (AvgIpc) is 2.23. The van der Waals surface area contributed by atoms with Crippen LogP contribution in [-0.2, 0) is 11.3 Å². The van der Waals surface area contributed by atoms with Crippen LogP contribution in [0.5, 0.6) is 0 Å². The highest BCUT2D eigenvalue weighted by molar-refractivity contribution is 5.11. The number of aryl methyl sites for hydroxylation is 1. The normalized spacial score (nSPS) is 13.8. The molecule has 1 aromatic rings. The second-order valence-corrected chi connectivity index (χ2v) is 5.34. The molecule has 4 nitrogen and oxygen atoms in total. The minimum Gasteiger partial charge on any atom is -0.374 e. The summed E-state index contributed by atoms with van der Waals surface area (Å²) in [6.45, 7) is 11.1. The van der Waals surface area contributed by atoms with Crippen molar-refractivity contribution in [2.24, 2.45) is 0 Å². The van der Waals surface area contributed by atoms with Crippen LogP contribution >= 0.6 is 0 Å². The number of methoxy groups -OCH3 is 1. The van der Waals surface area contributed by atoms with Crippen molar-refractivity contribution >= 4 is 0 Å². The second-order valence-electron chi connectivity index (χ2n) is 5.34. The number of hydrogen-bond acceptors (Lipinski definition) is 4. The van der Waals surface area contributed by atoms with Crippen LogP contribution < -0.4 is 5.32 Å². The Morgan fingerprint density at radius 3 is 2.53 bits per heavy atom. The third-order valence-electron chi connectivity index (χ3n) is 2.44. The summed E-state index contributed by atoms with van der Waals surface area (Å²) in [6.07, 6.45) is -0.0664. The zero-order valence-corrected chi connectivity index (χ0v) is 11.7. The Bertz CT molecular complexity index is 371. The van der Waals surface area contributed by atoms with Crippen LogP contribution in [0.1, 0.15) is 51.0 Å². The van der Waals surface area contributed by atoms with Crippen LogP contribution in [0.3, 0.4) is 0 Å². The van der Waals surface area contributed by atoms with Gasteiger partial charge in [-0.3, -0.25) is 0 Å². The van der Waals surface area contributed by atoms with Gasteiger partial charge in [0.05, 0.1) is 5.69 Å². The van der Waals surface area contributed by atoms with Gasteiger partial charge in [0, 0.05) is 24.9 Å². The zero-order valence-electron chi connectivity index (χ0n) is 11.7. The van der Waals surface area contributed by atoms with Crippen molar-refractivity contribution in [1.29, 1.82) is 0 Å². The molecule has 1 heterocycles. The smallest absolute Gasteiger partial charge is 0.157 e. The van der Waals surface area contributed by atoms with Crippen LogP contribution in [0.15, 0.2) is 6.07 Å². The lowest BCUT2D eigenvalue weighted by Crippen LogP contribution is -2.35. The second kappa shape index (κ2) is 5.56. The summed E-state index contributed by atoms with van der Waals surface area (Å²) in [5.41, 5.74) is 2.07. The minimum atomic E-state index is -0.0664. The van der Waals surface area contributed by atoms with Gasteiger partial charge in [-0.1, -0.05) is 0 Å². The number of hydrogen-bond donors (Lipinski definition) is 1. The van der Waals surface area contributed by atoms with Gasteiger partial charge in [-0.2, -0.15) is 0 Å². The summed E-state index contributed by atoms with van der Waals surface area (Å²) in [4.78, 5) is 8.89. The molecule has 0 aromatic carbocycles. The SMILES string of the molecule is COC(C)c1nc(C)cc(CNC(C)(C)C)n1. The Labute approximate surface area is 104 Å². The molecule has 1 aromatic heterocycles. The maximum atomic E-state index is 5.25. The Hall–Kier alpha value is -1.00. The first-order valence-corrected chi connectivity index (χ1v) is 5.94. The highest BCUT2D eigenvalue weighted by Gasteiger charge is 2.12. The molecule has 1 rings (SSSR count). The third-order valence-corrected chi connectivity index (χ3v) is 2.44. The van der Waals surface area contributed by atoms with Gasteiger partial charge < -0.3 is 10.1 Å². The summed E-state index contributed by atoms with van der Waals surface area (Å²) >= 11 is 0. The summed E-state index contributed by atoms with van der Waals surface area (Å²) in [5, 5.41) is 3.42. The first-order valence-electron chi connectivity index (χ1n) is 5.94. The van der Waals surface area contributed by atoms with E-state index in [-0.39, 0.29) is 11.6 Å². The van der Waals surface area contributed by atoms with E-state index < -0.39 is 0 Å². The summed E-state index contributed by atoms with van der Waals surface area (Å²) in [5.74, 6) is 0.748. The summed E-state index contributed by atoms with van der Waals surface area (Å²) in [7, 11) is 1.67. The molecule has 0 saturated heterocycles. The molecule has 0 aliphatic rings. The highest BCUT2D eigenvalue weighted by Crippen LogP contribution is 2.12. The van der Waals surface area contributed by atoms with Crippen LogP contribution in [0.4, 0.5) is 0 Å². The molecular formula is C13H23N3O. The molecule has 1 unspecified atom stereocenters. The van der Waals surface area contributed by atoms with Crippen molar-refractivity contribution in [2.75, 3.05) is 7.11 Å². The molecule has 0 aliphatic heterocycles. The molecule has 0 bridgehead atoms. The minimum absolute atomic E-state index is 0.0664. The van der Waals surface area contributed by atoms with Crippen molar-refractivity contribution in [3.8, 4) is 0 Å². The molecule has 17 heavy (non-hydrogen) atoms. The van der Waals surface area contributed by atoms with E-state index in [9.17, 15) is 0 Å². The van der Waals surface area contributed by atoms with Crippen LogP contribution in [-0.4, -0.2) is 22.6 Å². The maximum absolute atomic E-state index is 5.25. The fraction of sp³-hybridized carbons (Fsp3) is 0.692. The van der Waals surface area contributed by atoms with E-state index in [4.69, 9.17) is 4.74 Å². The fourth-order valence-corrected chi connectivity index (χ4v) is 1.39. The van der Waals surface area contributed by atoms with E-state index in [2.05, 4.69) is 36.1 Å². The van der Waals surface area contributed by atoms with Crippen molar-refractivity contribution in [3.05, 3.63) is 23.3 Å². The Balaban J connectivity index is 2.82. The van der Waals surface area contributed by atoms with Gasteiger partial charge in [0.2, 0.25) is 0 Å². The molecular weight excluding hydrogens is 214 g/mol. The molecule has 4 heteroatoms. The van der Waals surface area contributed by atoms with Gasteiger partial charge in [-0.05, 0) is 40.7 Å². The number of aromatic nitrogens is 2. The quantitative estimate of drug-likeness (QED) is 0.873. The lowest BCUT2D eigenvalue weighted by Gasteiger charge is -2.20. The molecule has 0 fully saturated rings. The largest absolute Gasteiger partial charge is 0.374 e. The number of ether oxygens (including phenoxy) is 1. The van der Waals surface area contributed by atoms with Gasteiger partial charge in [-0.25, -0.2) is 9.97 Å². The lowest BCUT2D eigenvalue weighted by molar-refractivity contribution is 0.111. The van der Waals surface area contributed by atoms with E-state index >= 15 is 0 Å². The average molecular weight is 237 g/mol. The van der Waals surface area contributed by atoms with Crippen LogP contribution in [0.25, 0.3) is 0 Å². The summed E-state index contributed by atoms with van der Waals surface area (Å²) in [6, 6.07) is 2.00. The van der Waals surface area contributed by atoms with E-state index in [0.717, 1.165) is 23.8 Å². The number of nitrogens with zero attached hydrogens (tertiary/aromatic N) is 2. The van der Waals surface area contributed by atoms with Gasteiger partial charge >= 0.3 is 0 Å². The molecule has 0 spiro atoms. The maximum Gasteiger partial charge on any atom is 0.157 e. The molecule has 1 N–H and O–H groups in total. The van der Waals surface area contributed by atoms with Gasteiger partial charge in [0.1, 0.15) is 6.10 Å². The lowest BCUT2D eigenvalue weighted by atomic mass is 10.1. The van der Waals surface area contributed by atoms with E-state index in [1.807, 2.05) is 19.9 Å². The molecule has 96 valence electrons. The van der Waals surface area contributed by atoms with Crippen LogP contribution in [0, 0.1) is 6.92 Å². The standard InChI is InChI=1S/C13H23N3O/c1-9-7-11(8-14-13(3,4)5)16-12(15-9)10(2)17-6/h7,10,14H,8H2,1-6H3. The van der Waals surface area contributed by atoms with E-state index in [0.29, 0.717) is 0 Å².